The number of aryl methyl sites for hydroxylation is 2. The van der Waals surface area contributed by atoms with Crippen molar-refractivity contribution in [2.75, 3.05) is 26.2 Å². The number of amides is 1. The third-order valence-corrected chi connectivity index (χ3v) is 5.74. The van der Waals surface area contributed by atoms with E-state index in [0.717, 1.165) is 38.2 Å². The lowest BCUT2D eigenvalue weighted by Gasteiger charge is -2.33. The highest BCUT2D eigenvalue weighted by molar-refractivity contribution is 5.94. The Morgan fingerprint density at radius 3 is 2.76 bits per heavy atom. The van der Waals surface area contributed by atoms with Crippen molar-refractivity contribution in [2.45, 2.75) is 38.5 Å². The van der Waals surface area contributed by atoms with Gasteiger partial charge in [0.25, 0.3) is 5.91 Å². The Morgan fingerprint density at radius 2 is 1.90 bits per heavy atom. The first-order chi connectivity index (χ1) is 10.3. The molecular formula is C18H24N2O. The summed E-state index contributed by atoms with van der Waals surface area (Å²) in [6.45, 7) is 4.13. The molecule has 3 nitrogen and oxygen atoms in total. The lowest BCUT2D eigenvalue weighted by atomic mass is 9.78. The summed E-state index contributed by atoms with van der Waals surface area (Å²) in [5.41, 5.74) is 4.15. The van der Waals surface area contributed by atoms with Gasteiger partial charge in [-0.15, -0.1) is 0 Å². The van der Waals surface area contributed by atoms with Gasteiger partial charge in [0.05, 0.1) is 0 Å². The van der Waals surface area contributed by atoms with Crippen LogP contribution in [0, 0.1) is 5.41 Å². The Morgan fingerprint density at radius 1 is 1.10 bits per heavy atom. The summed E-state index contributed by atoms with van der Waals surface area (Å²) in [5, 5.41) is 3.44. The maximum Gasteiger partial charge on any atom is 0.253 e. The average molecular weight is 284 g/mol. The van der Waals surface area contributed by atoms with Gasteiger partial charge < -0.3 is 10.2 Å². The van der Waals surface area contributed by atoms with Crippen LogP contribution in [0.2, 0.25) is 0 Å². The highest BCUT2D eigenvalue weighted by Gasteiger charge is 2.40. The van der Waals surface area contributed by atoms with E-state index in [1.807, 2.05) is 6.07 Å². The van der Waals surface area contributed by atoms with Crippen LogP contribution < -0.4 is 5.32 Å². The monoisotopic (exact) mass is 284 g/mol. The van der Waals surface area contributed by atoms with Crippen LogP contribution in [0.3, 0.4) is 0 Å². The van der Waals surface area contributed by atoms with Gasteiger partial charge in [-0.2, -0.15) is 0 Å². The van der Waals surface area contributed by atoms with Crippen LogP contribution in [0.4, 0.5) is 0 Å². The molecule has 2 fully saturated rings. The average Bonchev–Trinajstić information content (AvgIpc) is 3.14. The predicted octanol–water partition coefficient (Wildman–Crippen LogP) is 2.39. The fourth-order valence-corrected chi connectivity index (χ4v) is 4.36. The van der Waals surface area contributed by atoms with Gasteiger partial charge in [-0.05, 0) is 80.3 Å². The van der Waals surface area contributed by atoms with Crippen LogP contribution in [-0.2, 0) is 12.8 Å². The van der Waals surface area contributed by atoms with Gasteiger partial charge in [0.15, 0.2) is 0 Å². The maximum absolute atomic E-state index is 12.8. The number of rotatable bonds is 1. The molecule has 1 aliphatic carbocycles. The molecule has 2 saturated heterocycles. The lowest BCUT2D eigenvalue weighted by molar-refractivity contribution is 0.0761. The van der Waals surface area contributed by atoms with Gasteiger partial charge in [-0.1, -0.05) is 6.07 Å². The minimum absolute atomic E-state index is 0.250. The van der Waals surface area contributed by atoms with Crippen molar-refractivity contribution >= 4 is 5.91 Å². The Bertz CT molecular complexity index is 560. The molecule has 1 amide bonds. The van der Waals surface area contributed by atoms with Crippen molar-refractivity contribution in [2.24, 2.45) is 5.41 Å². The fraction of sp³-hybridized carbons (Fsp3) is 0.611. The van der Waals surface area contributed by atoms with Crippen LogP contribution in [0.5, 0.6) is 0 Å². The fourth-order valence-electron chi connectivity index (χ4n) is 4.36. The molecule has 2 aliphatic heterocycles. The number of likely N-dealkylation sites (tertiary alicyclic amines) is 1. The summed E-state index contributed by atoms with van der Waals surface area (Å²) in [6.07, 6.45) is 7.20. The first-order valence-electron chi connectivity index (χ1n) is 8.38. The minimum Gasteiger partial charge on any atom is -0.338 e. The molecule has 0 bridgehead atoms. The van der Waals surface area contributed by atoms with Crippen LogP contribution in [0.15, 0.2) is 18.2 Å². The Balaban J connectivity index is 1.50. The molecule has 0 saturated carbocycles. The predicted molar refractivity (Wildman–Crippen MR) is 83.5 cm³/mol. The molecule has 112 valence electrons. The van der Waals surface area contributed by atoms with Crippen LogP contribution in [0.25, 0.3) is 0 Å². The molecule has 0 aromatic heterocycles. The highest BCUT2D eigenvalue weighted by atomic mass is 16.2. The van der Waals surface area contributed by atoms with E-state index in [0.29, 0.717) is 5.41 Å². The molecule has 3 aliphatic rings. The zero-order valence-electron chi connectivity index (χ0n) is 12.7. The zero-order valence-corrected chi connectivity index (χ0v) is 12.7. The number of nitrogens with zero attached hydrogens (tertiary/aromatic N) is 1. The molecule has 0 unspecified atom stereocenters. The first-order valence-corrected chi connectivity index (χ1v) is 8.38. The number of nitrogens with one attached hydrogen (secondary N) is 1. The van der Waals surface area contributed by atoms with E-state index in [1.165, 1.54) is 43.2 Å². The molecule has 4 rings (SSSR count). The van der Waals surface area contributed by atoms with Crippen molar-refractivity contribution in [3.63, 3.8) is 0 Å². The van der Waals surface area contributed by atoms with Crippen molar-refractivity contribution in [3.05, 3.63) is 34.9 Å². The van der Waals surface area contributed by atoms with Gasteiger partial charge in [0.1, 0.15) is 0 Å². The quantitative estimate of drug-likeness (QED) is 0.859. The minimum atomic E-state index is 0.250. The molecule has 1 aromatic carbocycles. The number of carbonyl (C=O) groups is 1. The molecule has 21 heavy (non-hydrogen) atoms. The van der Waals surface area contributed by atoms with Crippen molar-refractivity contribution in [1.82, 2.24) is 10.2 Å². The number of hydrogen-bond acceptors (Lipinski definition) is 2. The molecule has 1 spiro atoms. The largest absolute Gasteiger partial charge is 0.338 e. The van der Waals surface area contributed by atoms with Crippen LogP contribution in [-0.4, -0.2) is 37.0 Å². The normalized spacial score (nSPS) is 23.5. The van der Waals surface area contributed by atoms with E-state index in [4.69, 9.17) is 0 Å². The summed E-state index contributed by atoms with van der Waals surface area (Å²) < 4.78 is 0. The molecule has 1 aromatic rings. The summed E-state index contributed by atoms with van der Waals surface area (Å²) in [4.78, 5) is 14.9. The molecule has 3 heteroatoms. The number of piperidine rings is 1. The van der Waals surface area contributed by atoms with Gasteiger partial charge in [0.2, 0.25) is 0 Å². The Labute approximate surface area is 126 Å². The number of benzene rings is 1. The maximum atomic E-state index is 12.8. The molecule has 0 radical (unpaired) electrons. The van der Waals surface area contributed by atoms with E-state index >= 15 is 0 Å². The third kappa shape index (κ3) is 2.38. The third-order valence-electron chi connectivity index (χ3n) is 5.74. The highest BCUT2D eigenvalue weighted by Crippen LogP contribution is 2.39. The van der Waals surface area contributed by atoms with E-state index in [9.17, 15) is 4.79 Å². The Kier molecular flexibility index (Phi) is 3.26. The van der Waals surface area contributed by atoms with Crippen molar-refractivity contribution in [1.29, 1.82) is 0 Å². The second kappa shape index (κ2) is 5.13. The van der Waals surface area contributed by atoms with E-state index < -0.39 is 0 Å². The topological polar surface area (TPSA) is 32.3 Å². The van der Waals surface area contributed by atoms with Crippen molar-refractivity contribution < 1.29 is 4.79 Å². The number of hydrogen-bond donors (Lipinski definition) is 1. The zero-order chi connectivity index (χ0) is 14.3. The van der Waals surface area contributed by atoms with E-state index in [1.54, 1.807) is 0 Å². The summed E-state index contributed by atoms with van der Waals surface area (Å²) in [6, 6.07) is 6.37. The lowest BCUT2D eigenvalue weighted by Crippen LogP contribution is -2.39. The van der Waals surface area contributed by atoms with Crippen LogP contribution >= 0.6 is 0 Å². The number of fused-ring (bicyclic) bond motifs is 1. The van der Waals surface area contributed by atoms with E-state index in [-0.39, 0.29) is 5.91 Å². The van der Waals surface area contributed by atoms with Gasteiger partial charge >= 0.3 is 0 Å². The van der Waals surface area contributed by atoms with E-state index in [2.05, 4.69) is 22.3 Å². The summed E-state index contributed by atoms with van der Waals surface area (Å²) >= 11 is 0. The SMILES string of the molecule is O=C(c1ccc2c(c1)CCC2)N1CCC2(CCNCC2)C1. The first kappa shape index (κ1) is 13.3. The molecule has 2 heterocycles. The Hall–Kier alpha value is -1.35. The van der Waals surface area contributed by atoms with Crippen molar-refractivity contribution in [3.8, 4) is 0 Å². The smallest absolute Gasteiger partial charge is 0.253 e. The second-order valence-electron chi connectivity index (χ2n) is 7.06. The number of carbonyl (C=O) groups excluding carboxylic acids is 1. The molecule has 1 N–H and O–H groups in total. The second-order valence-corrected chi connectivity index (χ2v) is 7.06. The molecule has 0 atom stereocenters. The molecular weight excluding hydrogens is 260 g/mol. The summed E-state index contributed by atoms with van der Waals surface area (Å²) in [5.74, 6) is 0.250. The van der Waals surface area contributed by atoms with Gasteiger partial charge in [-0.3, -0.25) is 4.79 Å². The van der Waals surface area contributed by atoms with Crippen LogP contribution in [0.1, 0.15) is 47.2 Å². The van der Waals surface area contributed by atoms with Gasteiger partial charge in [0, 0.05) is 18.7 Å². The summed E-state index contributed by atoms with van der Waals surface area (Å²) in [7, 11) is 0. The standard InChI is InChI=1S/C18H24N2O/c21-17(16-5-4-14-2-1-3-15(14)12-16)20-11-8-18(13-20)6-9-19-10-7-18/h4-5,12,19H,1-3,6-11,13H2. The van der Waals surface area contributed by atoms with Gasteiger partial charge in [-0.25, -0.2) is 0 Å².